The van der Waals surface area contributed by atoms with Crippen LogP contribution >= 0.6 is 0 Å². The molecule has 0 bridgehead atoms. The molecule has 1 N–H and O–H groups in total. The fourth-order valence-corrected chi connectivity index (χ4v) is 6.24. The highest BCUT2D eigenvalue weighted by Crippen LogP contribution is 2.57. The second-order valence-electron chi connectivity index (χ2n) is 12.7. The van der Waals surface area contributed by atoms with Crippen LogP contribution in [0.5, 0.6) is 5.75 Å². The molecule has 222 valence electrons. The van der Waals surface area contributed by atoms with Gasteiger partial charge in [-0.25, -0.2) is 0 Å². The van der Waals surface area contributed by atoms with Crippen LogP contribution in [0.1, 0.15) is 95.9 Å². The zero-order valence-electron chi connectivity index (χ0n) is 27.0. The largest absolute Gasteiger partial charge is 0.507 e. The molecule has 2 aliphatic rings. The van der Waals surface area contributed by atoms with E-state index in [1.165, 1.54) is 27.8 Å². The van der Waals surface area contributed by atoms with Crippen molar-refractivity contribution in [2.45, 2.75) is 79.1 Å². The molecule has 0 saturated carbocycles. The molecule has 43 heavy (non-hydrogen) atoms. The SMILES string of the molecule is C/C=C(\C)C#CCCC(C)(C1=CCC=C1)C1c2ccccc2-c2ccccc21.CCN=Cc1cccc(C(C)(C)C)c1O. The zero-order valence-corrected chi connectivity index (χ0v) is 27.0. The van der Waals surface area contributed by atoms with Gasteiger partial charge in [0, 0.05) is 36.1 Å². The van der Waals surface area contributed by atoms with Crippen molar-refractivity contribution < 1.29 is 5.11 Å². The Hall–Kier alpha value is -4.09. The smallest absolute Gasteiger partial charge is 0.128 e. The monoisotopic (exact) mass is 569 g/mol. The molecule has 0 heterocycles. The summed E-state index contributed by atoms with van der Waals surface area (Å²) < 4.78 is 0. The summed E-state index contributed by atoms with van der Waals surface area (Å²) in [6.45, 7) is 15.5. The van der Waals surface area contributed by atoms with Gasteiger partial charge in [-0.1, -0.05) is 125 Å². The number of para-hydroxylation sites is 1. The molecular formula is C41H47NO. The summed E-state index contributed by atoms with van der Waals surface area (Å²) in [7, 11) is 0. The quantitative estimate of drug-likeness (QED) is 0.232. The number of aromatic hydroxyl groups is 1. The molecule has 2 heteroatoms. The summed E-state index contributed by atoms with van der Waals surface area (Å²) in [4.78, 5) is 4.14. The maximum absolute atomic E-state index is 10.1. The Morgan fingerprint density at radius 1 is 0.953 bits per heavy atom. The highest BCUT2D eigenvalue weighted by molar-refractivity contribution is 5.84. The highest BCUT2D eigenvalue weighted by atomic mass is 16.3. The number of benzene rings is 3. The van der Waals surface area contributed by atoms with E-state index in [2.05, 4.69) is 131 Å². The minimum absolute atomic E-state index is 0.0359. The lowest BCUT2D eigenvalue weighted by molar-refractivity contribution is 0.335. The standard InChI is InChI=1S/C28H28.C13H19NO/c1-4-21(2)13-11-12-20-28(3,22-14-5-6-15-22)27-25-18-9-7-16-23(25)24-17-8-10-19-26(24)27;1-5-14-9-10-7-6-8-11(12(10)15)13(2,3)4/h4-5,7-10,14-19,27H,6,12,20H2,1-3H3;6-9,15H,5H2,1-4H3/b21-4+;. The number of hydrogen-bond donors (Lipinski definition) is 1. The first-order valence-electron chi connectivity index (χ1n) is 15.6. The lowest BCUT2D eigenvalue weighted by Crippen LogP contribution is -2.27. The van der Waals surface area contributed by atoms with Gasteiger partial charge in [-0.05, 0) is 84.1 Å². The molecule has 1 atom stereocenters. The van der Waals surface area contributed by atoms with Crippen LogP contribution in [0.4, 0.5) is 0 Å². The Balaban J connectivity index is 0.000000239. The molecule has 0 aliphatic heterocycles. The second kappa shape index (κ2) is 13.9. The van der Waals surface area contributed by atoms with Gasteiger partial charge in [-0.3, -0.25) is 4.99 Å². The third-order valence-corrected chi connectivity index (χ3v) is 8.68. The molecule has 3 aromatic carbocycles. The fourth-order valence-electron chi connectivity index (χ4n) is 6.24. The zero-order chi connectivity index (χ0) is 31.0. The molecule has 2 aliphatic carbocycles. The van der Waals surface area contributed by atoms with E-state index in [-0.39, 0.29) is 10.8 Å². The van der Waals surface area contributed by atoms with Crippen molar-refractivity contribution in [3.63, 3.8) is 0 Å². The Morgan fingerprint density at radius 3 is 2.16 bits per heavy atom. The number of phenols is 1. The van der Waals surface area contributed by atoms with Crippen molar-refractivity contribution in [1.82, 2.24) is 0 Å². The fraction of sp³-hybridized carbons (Fsp3) is 0.341. The van der Waals surface area contributed by atoms with E-state index < -0.39 is 0 Å². The van der Waals surface area contributed by atoms with E-state index in [1.807, 2.05) is 25.1 Å². The van der Waals surface area contributed by atoms with Crippen molar-refractivity contribution in [3.05, 3.63) is 124 Å². The van der Waals surface area contributed by atoms with Gasteiger partial charge >= 0.3 is 0 Å². The molecule has 2 nitrogen and oxygen atoms in total. The Kier molecular flexibility index (Phi) is 10.3. The van der Waals surface area contributed by atoms with Crippen molar-refractivity contribution >= 4 is 6.21 Å². The van der Waals surface area contributed by atoms with Crippen molar-refractivity contribution in [2.75, 3.05) is 6.54 Å². The first-order valence-corrected chi connectivity index (χ1v) is 15.6. The molecule has 3 aromatic rings. The number of fused-ring (bicyclic) bond motifs is 3. The van der Waals surface area contributed by atoms with E-state index in [0.29, 0.717) is 11.7 Å². The Labute approximate surface area is 260 Å². The van der Waals surface area contributed by atoms with Crippen molar-refractivity contribution in [3.8, 4) is 28.7 Å². The molecule has 0 fully saturated rings. The van der Waals surface area contributed by atoms with Crippen LogP contribution in [-0.2, 0) is 5.41 Å². The lowest BCUT2D eigenvalue weighted by Gasteiger charge is -2.38. The normalized spacial score (nSPS) is 15.6. The van der Waals surface area contributed by atoms with Crippen molar-refractivity contribution in [2.24, 2.45) is 10.4 Å². The van der Waals surface area contributed by atoms with Crippen LogP contribution in [0.3, 0.4) is 0 Å². The van der Waals surface area contributed by atoms with Crippen LogP contribution in [0.2, 0.25) is 0 Å². The summed E-state index contributed by atoms with van der Waals surface area (Å²) >= 11 is 0. The summed E-state index contributed by atoms with van der Waals surface area (Å²) in [5.74, 6) is 7.44. The minimum Gasteiger partial charge on any atom is -0.507 e. The van der Waals surface area contributed by atoms with Gasteiger partial charge in [0.1, 0.15) is 5.75 Å². The predicted octanol–water partition coefficient (Wildman–Crippen LogP) is 10.6. The molecule has 0 spiro atoms. The van der Waals surface area contributed by atoms with Gasteiger partial charge in [0.25, 0.3) is 0 Å². The van der Waals surface area contributed by atoms with Gasteiger partial charge in [0.2, 0.25) is 0 Å². The third kappa shape index (κ3) is 7.11. The summed E-state index contributed by atoms with van der Waals surface area (Å²) in [6.07, 6.45) is 13.9. The first kappa shape index (κ1) is 31.8. The Morgan fingerprint density at radius 2 is 1.60 bits per heavy atom. The number of phenolic OH excluding ortho intramolecular Hbond substituents is 1. The number of allylic oxidation sites excluding steroid dienone is 6. The lowest BCUT2D eigenvalue weighted by atomic mass is 9.65. The van der Waals surface area contributed by atoms with E-state index in [0.717, 1.165) is 42.5 Å². The first-order chi connectivity index (χ1) is 20.6. The topological polar surface area (TPSA) is 32.6 Å². The maximum Gasteiger partial charge on any atom is 0.128 e. The van der Waals surface area contributed by atoms with Crippen LogP contribution < -0.4 is 0 Å². The summed E-state index contributed by atoms with van der Waals surface area (Å²) in [6, 6.07) is 23.7. The molecular weight excluding hydrogens is 522 g/mol. The Bertz CT molecular complexity index is 1570. The number of nitrogens with zero attached hydrogens (tertiary/aromatic N) is 1. The predicted molar refractivity (Wildman–Crippen MR) is 185 cm³/mol. The van der Waals surface area contributed by atoms with Crippen molar-refractivity contribution in [1.29, 1.82) is 0 Å². The van der Waals surface area contributed by atoms with Crippen LogP contribution in [0.25, 0.3) is 11.1 Å². The molecule has 1 unspecified atom stereocenters. The second-order valence-corrected chi connectivity index (χ2v) is 12.7. The maximum atomic E-state index is 10.1. The van der Waals surface area contributed by atoms with Gasteiger partial charge in [0.15, 0.2) is 0 Å². The summed E-state index contributed by atoms with van der Waals surface area (Å²) in [5, 5.41) is 10.1. The van der Waals surface area contributed by atoms with Gasteiger partial charge < -0.3 is 5.11 Å². The van der Waals surface area contributed by atoms with Gasteiger partial charge in [-0.15, -0.1) is 0 Å². The average molecular weight is 570 g/mol. The van der Waals surface area contributed by atoms with E-state index in [1.54, 1.807) is 6.21 Å². The van der Waals surface area contributed by atoms with Crippen LogP contribution in [0, 0.1) is 17.3 Å². The molecule has 0 aromatic heterocycles. The molecule has 0 saturated heterocycles. The number of rotatable bonds is 6. The molecule has 0 radical (unpaired) electrons. The highest BCUT2D eigenvalue weighted by Gasteiger charge is 2.43. The number of hydrogen-bond acceptors (Lipinski definition) is 2. The minimum atomic E-state index is -0.0415. The molecule has 0 amide bonds. The van der Waals surface area contributed by atoms with Crippen LogP contribution in [-0.4, -0.2) is 17.9 Å². The molecule has 5 rings (SSSR count). The van der Waals surface area contributed by atoms with E-state index >= 15 is 0 Å². The van der Waals surface area contributed by atoms with E-state index in [4.69, 9.17) is 0 Å². The summed E-state index contributed by atoms with van der Waals surface area (Å²) in [5.41, 5.74) is 10.1. The number of aliphatic imine (C=N–C) groups is 1. The van der Waals surface area contributed by atoms with Gasteiger partial charge in [-0.2, -0.15) is 0 Å². The third-order valence-electron chi connectivity index (χ3n) is 8.68. The van der Waals surface area contributed by atoms with Crippen LogP contribution in [0.15, 0.2) is 107 Å². The average Bonchev–Trinajstić information content (AvgIpc) is 3.66. The van der Waals surface area contributed by atoms with Gasteiger partial charge in [0.05, 0.1) is 0 Å². The van der Waals surface area contributed by atoms with E-state index in [9.17, 15) is 5.11 Å².